The van der Waals surface area contributed by atoms with Crippen LogP contribution in [0.3, 0.4) is 0 Å². The maximum atomic E-state index is 14.3. The summed E-state index contributed by atoms with van der Waals surface area (Å²) in [6, 6.07) is 12.6. The Labute approximate surface area is 302 Å². The molecule has 2 aliphatic rings. The number of hydrogen-bond donors (Lipinski definition) is 4. The van der Waals surface area contributed by atoms with Gasteiger partial charge in [-0.2, -0.15) is 0 Å². The van der Waals surface area contributed by atoms with Crippen LogP contribution < -0.4 is 26.2 Å². The summed E-state index contributed by atoms with van der Waals surface area (Å²) in [6.45, 7) is 4.50. The third kappa shape index (κ3) is 9.91. The first-order valence-electron chi connectivity index (χ1n) is 17.1. The highest BCUT2D eigenvalue weighted by atomic mass is 35.5. The quantitative estimate of drug-likeness (QED) is 0.205. The molecule has 14 heteroatoms. The van der Waals surface area contributed by atoms with Crippen molar-refractivity contribution in [1.29, 1.82) is 0 Å². The molecule has 3 aromatic rings. The lowest BCUT2D eigenvalue weighted by Crippen LogP contribution is -2.63. The molecule has 2 aromatic carbocycles. The number of ketones is 1. The van der Waals surface area contributed by atoms with E-state index < -0.39 is 35.7 Å². The summed E-state index contributed by atoms with van der Waals surface area (Å²) in [5, 5.41) is 11.9. The van der Waals surface area contributed by atoms with E-state index in [9.17, 15) is 24.0 Å². The van der Waals surface area contributed by atoms with Crippen LogP contribution in [0.4, 0.5) is 23.0 Å². The summed E-state index contributed by atoms with van der Waals surface area (Å²) >= 11 is 6.18. The van der Waals surface area contributed by atoms with Crippen molar-refractivity contribution < 1.29 is 24.0 Å². The van der Waals surface area contributed by atoms with Gasteiger partial charge in [-0.1, -0.05) is 49.7 Å². The molecule has 0 aliphatic carbocycles. The Bertz CT molecular complexity index is 1740. The first-order valence-corrected chi connectivity index (χ1v) is 17.5. The highest BCUT2D eigenvalue weighted by Gasteiger charge is 2.39. The fraction of sp³-hybridized carbons (Fsp3) is 0.378. The molecule has 0 bridgehead atoms. The van der Waals surface area contributed by atoms with Crippen LogP contribution in [0.5, 0.6) is 0 Å². The van der Waals surface area contributed by atoms with Gasteiger partial charge in [0.25, 0.3) is 5.91 Å². The Morgan fingerprint density at radius 3 is 2.31 bits per heavy atom. The van der Waals surface area contributed by atoms with Crippen molar-refractivity contribution in [3.05, 3.63) is 84.2 Å². The average Bonchev–Trinajstić information content (AvgIpc) is 3.13. The van der Waals surface area contributed by atoms with Gasteiger partial charge in [-0.3, -0.25) is 24.0 Å². The van der Waals surface area contributed by atoms with Crippen LogP contribution in [-0.2, 0) is 24.0 Å². The first kappa shape index (κ1) is 37.0. The molecular weight excluding hydrogens is 672 g/mol. The smallest absolute Gasteiger partial charge is 0.294 e. The van der Waals surface area contributed by atoms with E-state index in [1.165, 1.54) is 0 Å². The maximum absolute atomic E-state index is 14.3. The second-order valence-corrected chi connectivity index (χ2v) is 13.3. The van der Waals surface area contributed by atoms with Crippen molar-refractivity contribution in [3.63, 3.8) is 0 Å². The third-order valence-electron chi connectivity index (χ3n) is 8.81. The minimum Gasteiger partial charge on any atom is -0.356 e. The molecule has 4 amide bonds. The number of para-hydroxylation sites is 2. The van der Waals surface area contributed by atoms with Crippen molar-refractivity contribution in [3.8, 4) is 0 Å². The summed E-state index contributed by atoms with van der Waals surface area (Å²) in [7, 11) is 0. The summed E-state index contributed by atoms with van der Waals surface area (Å²) in [5.41, 5.74) is 1.35. The summed E-state index contributed by atoms with van der Waals surface area (Å²) in [5.74, 6) is -2.53. The maximum Gasteiger partial charge on any atom is 0.294 e. The Balaban J connectivity index is 1.40. The Morgan fingerprint density at radius 2 is 1.61 bits per heavy atom. The molecule has 4 N–H and O–H groups in total. The van der Waals surface area contributed by atoms with E-state index in [-0.39, 0.29) is 36.4 Å². The Kier molecular flexibility index (Phi) is 12.7. The van der Waals surface area contributed by atoms with E-state index in [1.54, 1.807) is 78.0 Å². The number of carbonyl (C=O) groups excluding carboxylic acids is 5. The van der Waals surface area contributed by atoms with Crippen LogP contribution in [0, 0.1) is 5.92 Å². The van der Waals surface area contributed by atoms with Crippen LogP contribution in [-0.4, -0.2) is 82.0 Å². The molecular formula is C37H43ClN8O5. The minimum absolute atomic E-state index is 0.0177. The van der Waals surface area contributed by atoms with Gasteiger partial charge in [0.2, 0.25) is 29.5 Å². The van der Waals surface area contributed by atoms with Gasteiger partial charge in [0.15, 0.2) is 0 Å². The van der Waals surface area contributed by atoms with Gasteiger partial charge in [-0.25, -0.2) is 9.97 Å². The monoisotopic (exact) mass is 714 g/mol. The number of halogens is 1. The van der Waals surface area contributed by atoms with Crippen LogP contribution in [0.15, 0.2) is 79.1 Å². The lowest BCUT2D eigenvalue weighted by atomic mass is 10.0. The molecule has 268 valence electrons. The van der Waals surface area contributed by atoms with Gasteiger partial charge >= 0.3 is 0 Å². The number of anilines is 4. The number of piperazine rings is 1. The number of carbonyl (C=O) groups is 5. The fourth-order valence-electron chi connectivity index (χ4n) is 6.03. The summed E-state index contributed by atoms with van der Waals surface area (Å²) in [4.78, 5) is 79.8. The first-order chi connectivity index (χ1) is 24.6. The normalized spacial score (nSPS) is 20.2. The molecule has 13 nitrogen and oxygen atoms in total. The van der Waals surface area contributed by atoms with E-state index in [0.717, 1.165) is 6.42 Å². The predicted octanol–water partition coefficient (Wildman–Crippen LogP) is 4.44. The second kappa shape index (κ2) is 17.6. The van der Waals surface area contributed by atoms with Gasteiger partial charge < -0.3 is 31.1 Å². The molecule has 1 saturated heterocycles. The van der Waals surface area contributed by atoms with Gasteiger partial charge in [-0.05, 0) is 74.1 Å². The Morgan fingerprint density at radius 1 is 0.902 bits per heavy atom. The van der Waals surface area contributed by atoms with E-state index >= 15 is 0 Å². The second-order valence-electron chi connectivity index (χ2n) is 12.8. The minimum atomic E-state index is -1.20. The summed E-state index contributed by atoms with van der Waals surface area (Å²) in [6.07, 6.45) is 9.27. The molecule has 0 radical (unpaired) electrons. The zero-order valence-corrected chi connectivity index (χ0v) is 29.4. The van der Waals surface area contributed by atoms with Crippen molar-refractivity contribution in [2.75, 3.05) is 40.5 Å². The third-order valence-corrected chi connectivity index (χ3v) is 9.06. The summed E-state index contributed by atoms with van der Waals surface area (Å²) < 4.78 is 0. The number of nitrogens with one attached hydrogen (secondary N) is 4. The van der Waals surface area contributed by atoms with Gasteiger partial charge in [0.05, 0.1) is 17.9 Å². The number of hydrogen-bond acceptors (Lipinski definition) is 9. The van der Waals surface area contributed by atoms with E-state index in [0.29, 0.717) is 54.7 Å². The SMILES string of the molecule is CC(C)C(Nc1ncccn1)C(=O)N1CCN(c2ccc(Cl)cc2)[C@@H](C(=O)N[C@@H]2C/C=C/CCCCC(=O)Nc3ccccc3NC(=O)C2=O)C1. The molecule has 2 aliphatic heterocycles. The van der Waals surface area contributed by atoms with Crippen LogP contribution >= 0.6 is 11.6 Å². The number of amides is 4. The predicted molar refractivity (Wildman–Crippen MR) is 196 cm³/mol. The van der Waals surface area contributed by atoms with Crippen molar-refractivity contribution in [1.82, 2.24) is 20.2 Å². The van der Waals surface area contributed by atoms with Crippen molar-refractivity contribution >= 4 is 64.0 Å². The van der Waals surface area contributed by atoms with Gasteiger partial charge in [-0.15, -0.1) is 0 Å². The number of benzene rings is 2. The number of rotatable bonds is 7. The molecule has 51 heavy (non-hydrogen) atoms. The standard InChI is InChI=1S/C37H43ClN8O5/c1-24(2)32(44-37-39-19-10-20-40-37)36(51)45-21-22-46(26-17-15-25(38)16-18-26)30(23-45)34(49)43-29-13-6-4-3-5-7-14-31(47)41-27-11-8-9-12-28(27)42-35(50)33(29)48/h4,6,8-12,15-20,24,29-30,32H,3,5,7,13-14,21-23H2,1-2H3,(H,41,47)(H,42,50)(H,43,49)(H,39,40,44)/b6-4+/t29-,30-,32?/m1/s1. The highest BCUT2D eigenvalue weighted by molar-refractivity contribution is 6.43. The van der Waals surface area contributed by atoms with Crippen LogP contribution in [0.25, 0.3) is 0 Å². The molecule has 1 unspecified atom stereocenters. The zero-order valence-electron chi connectivity index (χ0n) is 28.7. The lowest BCUT2D eigenvalue weighted by molar-refractivity contribution is -0.138. The van der Waals surface area contributed by atoms with E-state index in [1.807, 2.05) is 24.8 Å². The molecule has 1 aromatic heterocycles. The Hall–Kier alpha value is -5.30. The zero-order chi connectivity index (χ0) is 36.3. The number of Topliss-reactive ketones (excluding diaryl/α,β-unsaturated/α-hetero) is 1. The van der Waals surface area contributed by atoms with Gasteiger partial charge in [0, 0.05) is 42.6 Å². The molecule has 1 fully saturated rings. The van der Waals surface area contributed by atoms with E-state index in [4.69, 9.17) is 11.6 Å². The molecule has 0 spiro atoms. The number of aromatic nitrogens is 2. The lowest BCUT2D eigenvalue weighted by Gasteiger charge is -2.43. The van der Waals surface area contributed by atoms with Gasteiger partial charge in [0.1, 0.15) is 18.1 Å². The average molecular weight is 715 g/mol. The van der Waals surface area contributed by atoms with Crippen molar-refractivity contribution in [2.24, 2.45) is 5.92 Å². The molecule has 3 heterocycles. The number of nitrogens with zero attached hydrogens (tertiary/aromatic N) is 4. The topological polar surface area (TPSA) is 166 Å². The molecule has 3 atom stereocenters. The van der Waals surface area contributed by atoms with Crippen LogP contribution in [0.2, 0.25) is 5.02 Å². The van der Waals surface area contributed by atoms with Crippen LogP contribution in [0.1, 0.15) is 46.0 Å². The molecule has 0 saturated carbocycles. The van der Waals surface area contributed by atoms with Crippen molar-refractivity contribution in [2.45, 2.75) is 64.1 Å². The highest BCUT2D eigenvalue weighted by Crippen LogP contribution is 2.25. The molecule has 5 rings (SSSR count). The fourth-order valence-corrected chi connectivity index (χ4v) is 6.15. The van der Waals surface area contributed by atoms with E-state index in [2.05, 4.69) is 31.2 Å². The number of fused-ring (bicyclic) bond motifs is 1. The largest absolute Gasteiger partial charge is 0.356 e. The number of allylic oxidation sites excluding steroid dienone is 1.